The monoisotopic (exact) mass is 88.1 g/mol. The Balaban J connectivity index is -0.0000000450. The highest BCUT2D eigenvalue weighted by molar-refractivity contribution is 5.75. The lowest BCUT2D eigenvalue weighted by atomic mass is 10.8. The zero-order chi connectivity index (χ0) is 3.58. The number of rotatable bonds is 0. The molecule has 0 bridgehead atoms. The third kappa shape index (κ3) is 85.3. The maximum absolute atomic E-state index is 9.00. The summed E-state index contributed by atoms with van der Waals surface area (Å²) in [6.45, 7) is 1.08. The van der Waals surface area contributed by atoms with Gasteiger partial charge >= 0.3 is 0 Å². The van der Waals surface area contributed by atoms with Gasteiger partial charge in [0.2, 0.25) is 0 Å². The summed E-state index contributed by atoms with van der Waals surface area (Å²) in [4.78, 5) is 9.00. The molecular weight excluding hydrogens is 80.8 g/mol. The molecule has 4 N–H and O–H groups in total. The standard InChI is InChI=1S/C2H4O2.B.H3N/c1-2(3)4;;/h1H3,(H,3,4);;1H3. The number of aliphatic carboxylic acids is 1. The minimum atomic E-state index is -0.833. The number of carboxylic acids is 1. The highest BCUT2D eigenvalue weighted by Crippen LogP contribution is 1.42. The van der Waals surface area contributed by atoms with E-state index in [0.717, 1.165) is 6.92 Å². The maximum atomic E-state index is 9.00. The van der Waals surface area contributed by atoms with E-state index in [4.69, 9.17) is 9.90 Å². The molecule has 6 heavy (non-hydrogen) atoms. The first-order valence-corrected chi connectivity index (χ1v) is 0.928. The van der Waals surface area contributed by atoms with E-state index >= 15 is 0 Å². The van der Waals surface area contributed by atoms with Gasteiger partial charge in [0.05, 0.1) is 0 Å². The van der Waals surface area contributed by atoms with Gasteiger partial charge in [0.15, 0.2) is 0 Å². The smallest absolute Gasteiger partial charge is 0.300 e. The first-order valence-electron chi connectivity index (χ1n) is 0.928. The summed E-state index contributed by atoms with van der Waals surface area (Å²) in [7, 11) is 0. The van der Waals surface area contributed by atoms with Crippen molar-refractivity contribution in [3.05, 3.63) is 0 Å². The maximum Gasteiger partial charge on any atom is 0.300 e. The molecule has 4 heteroatoms. The van der Waals surface area contributed by atoms with Crippen LogP contribution in [0.2, 0.25) is 0 Å². The summed E-state index contributed by atoms with van der Waals surface area (Å²) in [5, 5.41) is 7.42. The second-order valence-electron chi connectivity index (χ2n) is 0.519. The SMILES string of the molecule is CC(=O)O.N.[B]. The molecule has 35 valence electrons. The van der Waals surface area contributed by atoms with Crippen LogP contribution in [0.1, 0.15) is 6.92 Å². The molecule has 0 amide bonds. The molecule has 0 aliphatic carbocycles. The predicted molar refractivity (Wildman–Crippen MR) is 24.1 cm³/mol. The Labute approximate surface area is 38.5 Å². The Morgan fingerprint density at radius 3 is 1.67 bits per heavy atom. The molecule has 0 aromatic heterocycles. The van der Waals surface area contributed by atoms with Crippen molar-refractivity contribution in [3.8, 4) is 0 Å². The summed E-state index contributed by atoms with van der Waals surface area (Å²) in [5.41, 5.74) is 0. The Morgan fingerprint density at radius 2 is 1.67 bits per heavy atom. The third-order valence-corrected chi connectivity index (χ3v) is 0. The van der Waals surface area contributed by atoms with Gasteiger partial charge in [-0.2, -0.15) is 0 Å². The summed E-state index contributed by atoms with van der Waals surface area (Å²) in [5.74, 6) is -0.833. The molecular formula is C2H7BNO2. The van der Waals surface area contributed by atoms with Crippen LogP contribution in [0.3, 0.4) is 0 Å². The van der Waals surface area contributed by atoms with E-state index in [0.29, 0.717) is 0 Å². The van der Waals surface area contributed by atoms with Crippen molar-refractivity contribution < 1.29 is 9.90 Å². The fourth-order valence-corrected chi connectivity index (χ4v) is 0. The lowest BCUT2D eigenvalue weighted by Crippen LogP contribution is -1.78. The van der Waals surface area contributed by atoms with Gasteiger partial charge < -0.3 is 11.3 Å². The summed E-state index contributed by atoms with van der Waals surface area (Å²) in [6.07, 6.45) is 0. The molecule has 3 nitrogen and oxygen atoms in total. The van der Waals surface area contributed by atoms with Gasteiger partial charge in [-0.25, -0.2) is 0 Å². The molecule has 0 atom stereocenters. The Hall–Kier alpha value is -0.505. The van der Waals surface area contributed by atoms with Crippen LogP contribution in [0.15, 0.2) is 0 Å². The fraction of sp³-hybridized carbons (Fsp3) is 0.500. The van der Waals surface area contributed by atoms with Crippen LogP contribution in [-0.2, 0) is 4.79 Å². The minimum absolute atomic E-state index is 0. The Kier molecular flexibility index (Phi) is 26.2. The highest BCUT2D eigenvalue weighted by Gasteiger charge is 1.65. The van der Waals surface area contributed by atoms with Gasteiger partial charge in [0.25, 0.3) is 5.97 Å². The predicted octanol–water partition coefficient (Wildman–Crippen LogP) is -0.128. The molecule has 0 fully saturated rings. The summed E-state index contributed by atoms with van der Waals surface area (Å²) >= 11 is 0. The minimum Gasteiger partial charge on any atom is -0.481 e. The normalized spacial score (nSPS) is 4.17. The van der Waals surface area contributed by atoms with Crippen LogP contribution >= 0.6 is 0 Å². The lowest BCUT2D eigenvalue weighted by molar-refractivity contribution is -0.134. The second-order valence-corrected chi connectivity index (χ2v) is 0.519. The van der Waals surface area contributed by atoms with Crippen LogP contribution in [0.4, 0.5) is 0 Å². The number of carbonyl (C=O) groups is 1. The van der Waals surface area contributed by atoms with Crippen LogP contribution < -0.4 is 6.15 Å². The van der Waals surface area contributed by atoms with Crippen molar-refractivity contribution in [1.29, 1.82) is 0 Å². The van der Waals surface area contributed by atoms with Crippen molar-refractivity contribution >= 4 is 14.4 Å². The average Bonchev–Trinajstić information content (AvgIpc) is 0.811. The largest absolute Gasteiger partial charge is 0.481 e. The van der Waals surface area contributed by atoms with E-state index in [1.807, 2.05) is 0 Å². The molecule has 0 saturated heterocycles. The molecule has 0 heterocycles. The molecule has 3 radical (unpaired) electrons. The van der Waals surface area contributed by atoms with Gasteiger partial charge in [0, 0.05) is 15.3 Å². The van der Waals surface area contributed by atoms with E-state index in [1.165, 1.54) is 0 Å². The van der Waals surface area contributed by atoms with Crippen molar-refractivity contribution in [2.24, 2.45) is 0 Å². The highest BCUT2D eigenvalue weighted by atomic mass is 16.4. The summed E-state index contributed by atoms with van der Waals surface area (Å²) < 4.78 is 0. The van der Waals surface area contributed by atoms with E-state index in [-0.39, 0.29) is 14.6 Å². The average molecular weight is 87.9 g/mol. The Morgan fingerprint density at radius 1 is 1.67 bits per heavy atom. The van der Waals surface area contributed by atoms with Gasteiger partial charge in [-0.1, -0.05) is 0 Å². The van der Waals surface area contributed by atoms with E-state index in [1.54, 1.807) is 0 Å². The molecule has 0 saturated carbocycles. The van der Waals surface area contributed by atoms with Gasteiger partial charge in [-0.3, -0.25) is 4.79 Å². The fourth-order valence-electron chi connectivity index (χ4n) is 0. The van der Waals surface area contributed by atoms with E-state index in [2.05, 4.69) is 0 Å². The molecule has 0 aromatic rings. The first-order chi connectivity index (χ1) is 1.73. The zero-order valence-corrected chi connectivity index (χ0v) is 3.64. The van der Waals surface area contributed by atoms with Gasteiger partial charge in [-0.15, -0.1) is 0 Å². The van der Waals surface area contributed by atoms with Crippen molar-refractivity contribution in [3.63, 3.8) is 0 Å². The second kappa shape index (κ2) is 8.82. The van der Waals surface area contributed by atoms with Crippen molar-refractivity contribution in [2.75, 3.05) is 0 Å². The zero-order valence-electron chi connectivity index (χ0n) is 3.64. The number of hydrogen-bond donors (Lipinski definition) is 2. The van der Waals surface area contributed by atoms with E-state index < -0.39 is 5.97 Å². The van der Waals surface area contributed by atoms with Crippen LogP contribution in [-0.4, -0.2) is 19.5 Å². The molecule has 0 unspecified atom stereocenters. The van der Waals surface area contributed by atoms with E-state index in [9.17, 15) is 0 Å². The number of hydrogen-bond acceptors (Lipinski definition) is 2. The molecule has 0 aliphatic heterocycles. The Bertz CT molecular complexity index is 34.5. The molecule has 0 aromatic carbocycles. The molecule has 0 aliphatic rings. The third-order valence-electron chi connectivity index (χ3n) is 0. The van der Waals surface area contributed by atoms with Gasteiger partial charge in [0.1, 0.15) is 0 Å². The van der Waals surface area contributed by atoms with Crippen molar-refractivity contribution in [2.45, 2.75) is 6.92 Å². The van der Waals surface area contributed by atoms with Crippen LogP contribution in [0.25, 0.3) is 0 Å². The van der Waals surface area contributed by atoms with Gasteiger partial charge in [-0.05, 0) is 0 Å². The number of carboxylic acid groups (broad SMARTS) is 1. The van der Waals surface area contributed by atoms with Crippen LogP contribution in [0, 0.1) is 0 Å². The molecule has 0 spiro atoms. The first kappa shape index (κ1) is 17.8. The van der Waals surface area contributed by atoms with Crippen LogP contribution in [0.5, 0.6) is 0 Å². The summed E-state index contributed by atoms with van der Waals surface area (Å²) in [6, 6.07) is 0. The topological polar surface area (TPSA) is 72.3 Å². The van der Waals surface area contributed by atoms with Crippen molar-refractivity contribution in [1.82, 2.24) is 6.15 Å². The quantitative estimate of drug-likeness (QED) is 0.405. The molecule has 0 rings (SSSR count). The lowest BCUT2D eigenvalue weighted by Gasteiger charge is -1.59.